The van der Waals surface area contributed by atoms with Gasteiger partial charge in [0.15, 0.2) is 12.0 Å². The Morgan fingerprint density at radius 2 is 1.78 bits per heavy atom. The molecule has 0 aromatic carbocycles. The predicted molar refractivity (Wildman–Crippen MR) is 59.2 cm³/mol. The van der Waals surface area contributed by atoms with Crippen molar-refractivity contribution in [2.75, 3.05) is 27.7 Å². The molecule has 104 valence electrons. The third-order valence-corrected chi connectivity index (χ3v) is 2.15. The molecule has 0 aromatic rings. The zero-order valence-corrected chi connectivity index (χ0v) is 11.0. The van der Waals surface area contributed by atoms with Crippen LogP contribution in [0.2, 0.25) is 0 Å². The Hall–Kier alpha value is -1.63. The minimum absolute atomic E-state index is 0.256. The van der Waals surface area contributed by atoms with Crippen LogP contribution < -0.4 is 5.11 Å². The summed E-state index contributed by atoms with van der Waals surface area (Å²) in [5.74, 6) is -4.91. The van der Waals surface area contributed by atoms with Gasteiger partial charge in [0.25, 0.3) is 0 Å². The number of carboxylic acid groups (broad SMARTS) is 2. The summed E-state index contributed by atoms with van der Waals surface area (Å²) in [6.45, 7) is 1.44. The van der Waals surface area contributed by atoms with Gasteiger partial charge in [0.1, 0.15) is 6.54 Å². The number of carbonyl (C=O) groups excluding carboxylic acids is 2. The summed E-state index contributed by atoms with van der Waals surface area (Å²) in [6, 6.07) is 0. The van der Waals surface area contributed by atoms with E-state index in [0.717, 1.165) is 0 Å². The number of hydrogen-bond donors (Lipinski definition) is 1. The van der Waals surface area contributed by atoms with Gasteiger partial charge >= 0.3 is 11.9 Å². The number of nitrogens with zero attached hydrogens (tertiary/aromatic N) is 1. The van der Waals surface area contributed by atoms with Crippen molar-refractivity contribution in [3.63, 3.8) is 0 Å². The van der Waals surface area contributed by atoms with E-state index < -0.39 is 36.4 Å². The fraction of sp³-hybridized carbons (Fsp3) is 0.727. The highest BCUT2D eigenvalue weighted by atomic mass is 16.5. The van der Waals surface area contributed by atoms with Crippen LogP contribution in [0.15, 0.2) is 0 Å². The van der Waals surface area contributed by atoms with E-state index in [-0.39, 0.29) is 6.54 Å². The molecule has 0 aromatic heterocycles. The molecule has 2 atom stereocenters. The Labute approximate surface area is 106 Å². The number of rotatable bonds is 7. The molecule has 0 saturated heterocycles. The molecule has 0 aliphatic rings. The Bertz CT molecular complexity index is 333. The molecule has 0 rings (SSSR count). The molecule has 0 radical (unpaired) electrons. The number of quaternary nitrogens is 1. The first-order valence-corrected chi connectivity index (χ1v) is 5.46. The van der Waals surface area contributed by atoms with Gasteiger partial charge in [0.2, 0.25) is 0 Å². The Morgan fingerprint density at radius 1 is 1.28 bits per heavy atom. The standard InChI is InChI=1S/C11H19NO6/c1-7(10(15)16)11(17)18-8(5-9(13)14)6-12(2,3)4/h7-8H,5-6H2,1-4H3,(H-,13,14,15,16)/t7?,8-/m0/s1. The number of hydrogen-bond acceptors (Lipinski definition) is 5. The van der Waals surface area contributed by atoms with E-state index in [9.17, 15) is 19.5 Å². The van der Waals surface area contributed by atoms with Crippen molar-refractivity contribution in [1.29, 1.82) is 0 Å². The van der Waals surface area contributed by atoms with Crippen LogP contribution >= 0.6 is 0 Å². The van der Waals surface area contributed by atoms with Crippen molar-refractivity contribution in [3.05, 3.63) is 0 Å². The van der Waals surface area contributed by atoms with Crippen LogP contribution in [0.5, 0.6) is 0 Å². The lowest BCUT2D eigenvalue weighted by Crippen LogP contribution is -2.45. The van der Waals surface area contributed by atoms with Crippen molar-refractivity contribution in [2.45, 2.75) is 19.4 Å². The molecule has 0 heterocycles. The molecule has 7 nitrogen and oxygen atoms in total. The highest BCUT2D eigenvalue weighted by Gasteiger charge is 2.28. The number of likely N-dealkylation sites (N-methyl/N-ethyl adjacent to an activating group) is 1. The van der Waals surface area contributed by atoms with Gasteiger partial charge < -0.3 is 24.2 Å². The second kappa shape index (κ2) is 6.34. The van der Waals surface area contributed by atoms with Crippen molar-refractivity contribution >= 4 is 17.9 Å². The fourth-order valence-corrected chi connectivity index (χ4v) is 1.31. The summed E-state index contributed by atoms with van der Waals surface area (Å²) in [6.07, 6.45) is -1.35. The van der Waals surface area contributed by atoms with Crippen LogP contribution in [0.1, 0.15) is 13.3 Å². The van der Waals surface area contributed by atoms with Crippen molar-refractivity contribution in [2.24, 2.45) is 5.92 Å². The Balaban J connectivity index is 4.63. The van der Waals surface area contributed by atoms with E-state index in [2.05, 4.69) is 0 Å². The zero-order valence-electron chi connectivity index (χ0n) is 11.0. The van der Waals surface area contributed by atoms with E-state index in [4.69, 9.17) is 9.84 Å². The molecular weight excluding hydrogens is 242 g/mol. The molecule has 0 fully saturated rings. The van der Waals surface area contributed by atoms with E-state index in [0.29, 0.717) is 4.48 Å². The van der Waals surface area contributed by atoms with Gasteiger partial charge in [-0.15, -0.1) is 0 Å². The number of ether oxygens (including phenoxy) is 1. The average molecular weight is 261 g/mol. The SMILES string of the molecule is CC(C(=O)O)C(=O)O[C@@H](CC(=O)[O-])C[N+](C)(C)C. The summed E-state index contributed by atoms with van der Waals surface area (Å²) in [5.41, 5.74) is 0. The Morgan fingerprint density at radius 3 is 2.11 bits per heavy atom. The summed E-state index contributed by atoms with van der Waals surface area (Å²) < 4.78 is 5.29. The molecule has 0 bridgehead atoms. The molecule has 1 unspecified atom stereocenters. The summed E-state index contributed by atoms with van der Waals surface area (Å²) in [7, 11) is 5.41. The predicted octanol–water partition coefficient (Wildman–Crippen LogP) is -1.53. The number of carbonyl (C=O) groups is 3. The van der Waals surface area contributed by atoms with Crippen LogP contribution in [0.25, 0.3) is 0 Å². The second-order valence-corrected chi connectivity index (χ2v) is 5.17. The topological polar surface area (TPSA) is 104 Å². The van der Waals surface area contributed by atoms with Gasteiger partial charge in [0, 0.05) is 12.4 Å². The van der Waals surface area contributed by atoms with Gasteiger partial charge in [0.05, 0.1) is 21.1 Å². The maximum atomic E-state index is 11.4. The monoisotopic (exact) mass is 261 g/mol. The lowest BCUT2D eigenvalue weighted by Gasteiger charge is -2.29. The third-order valence-electron chi connectivity index (χ3n) is 2.15. The van der Waals surface area contributed by atoms with Gasteiger partial charge in [-0.05, 0) is 6.92 Å². The summed E-state index contributed by atoms with van der Waals surface area (Å²) in [5, 5.41) is 19.2. The molecule has 18 heavy (non-hydrogen) atoms. The molecule has 1 N–H and O–H groups in total. The van der Waals surface area contributed by atoms with E-state index in [1.54, 1.807) is 21.1 Å². The number of esters is 1. The first kappa shape index (κ1) is 16.4. The van der Waals surface area contributed by atoms with Gasteiger partial charge in [-0.2, -0.15) is 0 Å². The van der Waals surface area contributed by atoms with Crippen LogP contribution in [0.4, 0.5) is 0 Å². The Kier molecular flexibility index (Phi) is 5.77. The first-order chi connectivity index (χ1) is 8.03. The zero-order chi connectivity index (χ0) is 14.5. The van der Waals surface area contributed by atoms with E-state index >= 15 is 0 Å². The lowest BCUT2D eigenvalue weighted by molar-refractivity contribution is -0.873. The molecule has 7 heteroatoms. The molecule has 0 aliphatic heterocycles. The maximum Gasteiger partial charge on any atom is 0.320 e. The van der Waals surface area contributed by atoms with Gasteiger partial charge in [-0.1, -0.05) is 0 Å². The highest BCUT2D eigenvalue weighted by Crippen LogP contribution is 2.08. The molecule has 0 amide bonds. The third kappa shape index (κ3) is 6.85. The van der Waals surface area contributed by atoms with Crippen molar-refractivity contribution in [1.82, 2.24) is 0 Å². The maximum absolute atomic E-state index is 11.4. The minimum Gasteiger partial charge on any atom is -0.550 e. The van der Waals surface area contributed by atoms with Gasteiger partial charge in [-0.25, -0.2) is 0 Å². The van der Waals surface area contributed by atoms with Crippen LogP contribution in [0, 0.1) is 5.92 Å². The number of aliphatic carboxylic acids is 2. The second-order valence-electron chi connectivity index (χ2n) is 5.17. The quantitative estimate of drug-likeness (QED) is 0.338. The first-order valence-electron chi connectivity index (χ1n) is 5.46. The number of carboxylic acids is 2. The van der Waals surface area contributed by atoms with E-state index in [1.807, 2.05) is 0 Å². The van der Waals surface area contributed by atoms with Crippen LogP contribution in [0.3, 0.4) is 0 Å². The molecular formula is C11H19NO6. The molecule has 0 aliphatic carbocycles. The van der Waals surface area contributed by atoms with Crippen molar-refractivity contribution in [3.8, 4) is 0 Å². The largest absolute Gasteiger partial charge is 0.550 e. The summed E-state index contributed by atoms with van der Waals surface area (Å²) >= 11 is 0. The minimum atomic E-state index is -1.34. The highest BCUT2D eigenvalue weighted by molar-refractivity contribution is 5.93. The van der Waals surface area contributed by atoms with Gasteiger partial charge in [-0.3, -0.25) is 9.59 Å². The normalized spacial score (nSPS) is 14.7. The average Bonchev–Trinajstić information content (AvgIpc) is 2.11. The van der Waals surface area contributed by atoms with Crippen LogP contribution in [-0.4, -0.2) is 61.3 Å². The van der Waals surface area contributed by atoms with Crippen molar-refractivity contribution < 1.29 is 33.8 Å². The molecule has 0 spiro atoms. The lowest BCUT2D eigenvalue weighted by atomic mass is 10.2. The van der Waals surface area contributed by atoms with Crippen LogP contribution in [-0.2, 0) is 19.1 Å². The van der Waals surface area contributed by atoms with E-state index in [1.165, 1.54) is 6.92 Å². The summed E-state index contributed by atoms with van der Waals surface area (Å²) in [4.78, 5) is 32.6. The fourth-order valence-electron chi connectivity index (χ4n) is 1.31. The smallest absolute Gasteiger partial charge is 0.320 e. The molecule has 0 saturated carbocycles.